The third-order valence-electron chi connectivity index (χ3n) is 6.71. The topological polar surface area (TPSA) is 93.9 Å². The smallest absolute Gasteiger partial charge is 0.337 e. The quantitative estimate of drug-likeness (QED) is 0.118. The molecule has 5 rings (SSSR count). The number of aromatic nitrogens is 1. The summed E-state index contributed by atoms with van der Waals surface area (Å²) in [5, 5.41) is 8.33. The Labute approximate surface area is 263 Å². The van der Waals surface area contributed by atoms with E-state index in [2.05, 4.69) is 22.4 Å². The Morgan fingerprint density at radius 1 is 1.05 bits per heavy atom. The van der Waals surface area contributed by atoms with E-state index >= 15 is 0 Å². The Balaban J connectivity index is 1.29. The van der Waals surface area contributed by atoms with Crippen molar-refractivity contribution in [2.45, 2.75) is 32.3 Å². The number of halogens is 3. The molecule has 0 unspecified atom stereocenters. The Morgan fingerprint density at radius 3 is 2.47 bits per heavy atom. The number of hydrogen-bond donors (Lipinski definition) is 1. The minimum Gasteiger partial charge on any atom is -0.489 e. The average Bonchev–Trinajstić information content (AvgIpc) is 3.76. The normalized spacial score (nSPS) is 12.2. The molecule has 8 nitrogen and oxygen atoms in total. The SMILES string of the molecule is CCN(C#Cc1ccc(OCc2c(-c3c(Cl)cccc3Cl)noc2C2CC2)cc1Cl)C(=O)Nc1cccc(C(=O)OC)c1. The van der Waals surface area contributed by atoms with Crippen LogP contribution in [0.3, 0.4) is 0 Å². The summed E-state index contributed by atoms with van der Waals surface area (Å²) in [5.74, 6) is 4.02. The number of nitrogens with zero attached hydrogens (tertiary/aromatic N) is 2. The van der Waals surface area contributed by atoms with Crippen molar-refractivity contribution in [1.29, 1.82) is 0 Å². The maximum absolute atomic E-state index is 12.8. The van der Waals surface area contributed by atoms with Crippen LogP contribution in [-0.4, -0.2) is 35.7 Å². The summed E-state index contributed by atoms with van der Waals surface area (Å²) in [5.41, 5.74) is 3.22. The van der Waals surface area contributed by atoms with Crippen LogP contribution in [0.5, 0.6) is 5.75 Å². The van der Waals surface area contributed by atoms with Crippen LogP contribution in [0.2, 0.25) is 15.1 Å². The molecule has 0 aliphatic heterocycles. The van der Waals surface area contributed by atoms with E-state index in [1.165, 1.54) is 18.1 Å². The minimum atomic E-state index is -0.500. The first kappa shape index (κ1) is 30.3. The monoisotopic (exact) mass is 637 g/mol. The Bertz CT molecular complexity index is 1720. The van der Waals surface area contributed by atoms with Gasteiger partial charge in [-0.15, -0.1) is 0 Å². The number of benzene rings is 3. The van der Waals surface area contributed by atoms with Gasteiger partial charge in [0, 0.05) is 41.4 Å². The number of hydrogen-bond acceptors (Lipinski definition) is 6. The number of methoxy groups -OCH3 is 1. The van der Waals surface area contributed by atoms with Crippen molar-refractivity contribution < 1.29 is 23.6 Å². The maximum atomic E-state index is 12.8. The molecule has 2 amide bonds. The number of carbonyl (C=O) groups is 2. The number of nitrogens with one attached hydrogen (secondary N) is 1. The molecule has 1 aliphatic carbocycles. The molecule has 1 heterocycles. The Hall–Kier alpha value is -4.16. The van der Waals surface area contributed by atoms with E-state index in [0.29, 0.717) is 55.4 Å². The van der Waals surface area contributed by atoms with Gasteiger partial charge in [0.2, 0.25) is 0 Å². The highest BCUT2D eigenvalue weighted by Gasteiger charge is 2.33. The van der Waals surface area contributed by atoms with Crippen LogP contribution in [0.15, 0.2) is 65.2 Å². The number of amides is 2. The van der Waals surface area contributed by atoms with Crippen molar-refractivity contribution in [3.8, 4) is 29.0 Å². The maximum Gasteiger partial charge on any atom is 0.337 e. The number of urea groups is 1. The fourth-order valence-corrected chi connectivity index (χ4v) is 5.12. The fraction of sp³-hybridized carbons (Fsp3) is 0.219. The van der Waals surface area contributed by atoms with Gasteiger partial charge in [0.15, 0.2) is 0 Å². The van der Waals surface area contributed by atoms with Gasteiger partial charge in [0.25, 0.3) is 0 Å². The van der Waals surface area contributed by atoms with Gasteiger partial charge in [-0.3, -0.25) is 4.90 Å². The molecule has 220 valence electrons. The van der Waals surface area contributed by atoms with Crippen LogP contribution >= 0.6 is 34.8 Å². The minimum absolute atomic E-state index is 0.175. The first-order valence-corrected chi connectivity index (χ1v) is 14.6. The van der Waals surface area contributed by atoms with E-state index in [1.807, 2.05) is 0 Å². The van der Waals surface area contributed by atoms with Crippen LogP contribution < -0.4 is 10.1 Å². The number of anilines is 1. The largest absolute Gasteiger partial charge is 0.489 e. The van der Waals surface area contributed by atoms with Crippen LogP contribution in [0, 0.1) is 12.0 Å². The fourth-order valence-electron chi connectivity index (χ4n) is 4.32. The van der Waals surface area contributed by atoms with E-state index < -0.39 is 12.0 Å². The molecular formula is C32H26Cl3N3O5. The molecule has 0 saturated heterocycles. The highest BCUT2D eigenvalue weighted by molar-refractivity contribution is 6.39. The molecular weight excluding hydrogens is 613 g/mol. The van der Waals surface area contributed by atoms with Gasteiger partial charge >= 0.3 is 12.0 Å². The van der Waals surface area contributed by atoms with Crippen molar-refractivity contribution in [2.75, 3.05) is 19.0 Å². The lowest BCUT2D eigenvalue weighted by atomic mass is 10.0. The van der Waals surface area contributed by atoms with Crippen molar-refractivity contribution in [1.82, 2.24) is 10.1 Å². The van der Waals surface area contributed by atoms with Gasteiger partial charge in [-0.25, -0.2) is 9.59 Å². The van der Waals surface area contributed by atoms with E-state index in [9.17, 15) is 9.59 Å². The number of rotatable bonds is 8. The molecule has 11 heteroatoms. The lowest BCUT2D eigenvalue weighted by Gasteiger charge is -2.15. The average molecular weight is 639 g/mol. The molecule has 0 atom stereocenters. The van der Waals surface area contributed by atoms with Gasteiger partial charge < -0.3 is 19.3 Å². The standard InChI is InChI=1S/C32H26Cl3N3O5/c1-3-38(32(40)36-22-7-4-6-21(16-22)31(39)41-2)15-14-19-12-13-23(17-27(19)35)42-18-24-29(37-43-30(24)20-10-11-20)28-25(33)8-5-9-26(28)34/h4-9,12-13,16-17,20H,3,10-11,18H2,1-2H3,(H,36,40). The summed E-state index contributed by atoms with van der Waals surface area (Å²) in [6, 6.07) is 19.2. The molecule has 0 bridgehead atoms. The van der Waals surface area contributed by atoms with Gasteiger partial charge in [0.1, 0.15) is 23.8 Å². The van der Waals surface area contributed by atoms with Gasteiger partial charge in [-0.2, -0.15) is 0 Å². The summed E-state index contributed by atoms with van der Waals surface area (Å²) in [4.78, 5) is 25.9. The zero-order valence-electron chi connectivity index (χ0n) is 23.2. The Kier molecular flexibility index (Phi) is 9.46. The molecule has 1 fully saturated rings. The summed E-state index contributed by atoms with van der Waals surface area (Å²) >= 11 is 19.5. The first-order valence-electron chi connectivity index (χ1n) is 13.4. The van der Waals surface area contributed by atoms with Gasteiger partial charge in [-0.05, 0) is 68.2 Å². The van der Waals surface area contributed by atoms with Crippen LogP contribution in [0.1, 0.15) is 52.9 Å². The molecule has 4 aromatic rings. The van der Waals surface area contributed by atoms with Crippen LogP contribution in [0.4, 0.5) is 10.5 Å². The second kappa shape index (κ2) is 13.4. The van der Waals surface area contributed by atoms with Gasteiger partial charge in [-0.1, -0.05) is 52.1 Å². The molecule has 1 saturated carbocycles. The summed E-state index contributed by atoms with van der Waals surface area (Å²) in [6.45, 7) is 2.28. The van der Waals surface area contributed by atoms with Crippen molar-refractivity contribution in [3.05, 3.63) is 98.2 Å². The summed E-state index contributed by atoms with van der Waals surface area (Å²) < 4.78 is 16.5. The predicted octanol–water partition coefficient (Wildman–Crippen LogP) is 8.41. The third kappa shape index (κ3) is 7.08. The van der Waals surface area contributed by atoms with Crippen molar-refractivity contribution >= 4 is 52.5 Å². The lowest BCUT2D eigenvalue weighted by Crippen LogP contribution is -2.30. The first-order chi connectivity index (χ1) is 20.8. The summed E-state index contributed by atoms with van der Waals surface area (Å²) in [7, 11) is 1.29. The molecule has 0 radical (unpaired) electrons. The zero-order valence-corrected chi connectivity index (χ0v) is 25.5. The molecule has 43 heavy (non-hydrogen) atoms. The molecule has 1 aliphatic rings. The predicted molar refractivity (Wildman–Crippen MR) is 166 cm³/mol. The Morgan fingerprint density at radius 2 is 1.79 bits per heavy atom. The second-order valence-electron chi connectivity index (χ2n) is 9.66. The van der Waals surface area contributed by atoms with E-state index in [0.717, 1.165) is 24.2 Å². The number of ether oxygens (including phenoxy) is 2. The number of carbonyl (C=O) groups excluding carboxylic acids is 2. The summed E-state index contributed by atoms with van der Waals surface area (Å²) in [6.07, 6.45) is 2.04. The van der Waals surface area contributed by atoms with Gasteiger partial charge in [0.05, 0.1) is 33.3 Å². The molecule has 1 N–H and O–H groups in total. The number of esters is 1. The highest BCUT2D eigenvalue weighted by Crippen LogP contribution is 2.46. The third-order valence-corrected chi connectivity index (χ3v) is 7.65. The van der Waals surface area contributed by atoms with E-state index in [4.69, 9.17) is 48.8 Å². The van der Waals surface area contributed by atoms with E-state index in [-0.39, 0.29) is 12.5 Å². The van der Waals surface area contributed by atoms with Crippen molar-refractivity contribution in [3.63, 3.8) is 0 Å². The molecule has 3 aromatic carbocycles. The second-order valence-corrected chi connectivity index (χ2v) is 10.9. The zero-order chi connectivity index (χ0) is 30.5. The lowest BCUT2D eigenvalue weighted by molar-refractivity contribution is 0.0600. The van der Waals surface area contributed by atoms with E-state index in [1.54, 1.807) is 61.5 Å². The van der Waals surface area contributed by atoms with Crippen LogP contribution in [-0.2, 0) is 11.3 Å². The van der Waals surface area contributed by atoms with Crippen molar-refractivity contribution in [2.24, 2.45) is 0 Å². The molecule has 0 spiro atoms. The van der Waals surface area contributed by atoms with Crippen LogP contribution in [0.25, 0.3) is 11.3 Å². The molecule has 1 aromatic heterocycles. The highest BCUT2D eigenvalue weighted by atomic mass is 35.5.